The molecule has 20 heavy (non-hydrogen) atoms. The van der Waals surface area contributed by atoms with Crippen LogP contribution < -0.4 is 5.32 Å². The van der Waals surface area contributed by atoms with Crippen LogP contribution in [0.15, 0.2) is 59.8 Å². The largest absolute Gasteiger partial charge is 0.326 e. The number of hydrogen-bond donors (Lipinski definition) is 1. The third-order valence-corrected chi connectivity index (χ3v) is 3.39. The van der Waals surface area contributed by atoms with Crippen LogP contribution in [-0.4, -0.2) is 19.3 Å². The van der Waals surface area contributed by atoms with E-state index in [2.05, 4.69) is 10.3 Å². The maximum Gasteiger partial charge on any atom is 0.261 e. The van der Waals surface area contributed by atoms with Crippen LogP contribution in [0, 0.1) is 0 Å². The first-order valence-corrected chi connectivity index (χ1v) is 7.88. The van der Waals surface area contributed by atoms with Gasteiger partial charge in [0.15, 0.2) is 0 Å². The molecular formula is C13H13ClN2O3S. The van der Waals surface area contributed by atoms with Gasteiger partial charge in [0.1, 0.15) is 0 Å². The fourth-order valence-corrected chi connectivity index (χ4v) is 1.99. The van der Waals surface area contributed by atoms with Crippen LogP contribution in [0.3, 0.4) is 0 Å². The standard InChI is InChI=1S/C8H8ClNO3S.C5H5N/c1-6(11)10-7-2-4-8(5-3-7)14(9,12)13;1-2-4-6-5-3-1/h2-5H,1H3,(H,10,11);1-5H. The number of anilines is 1. The van der Waals surface area contributed by atoms with E-state index in [1.165, 1.54) is 31.2 Å². The number of aromatic nitrogens is 1. The maximum absolute atomic E-state index is 10.8. The van der Waals surface area contributed by atoms with Gasteiger partial charge >= 0.3 is 0 Å². The summed E-state index contributed by atoms with van der Waals surface area (Å²) in [4.78, 5) is 14.4. The zero-order valence-electron chi connectivity index (χ0n) is 10.7. The number of amides is 1. The Morgan fingerprint density at radius 3 is 1.95 bits per heavy atom. The van der Waals surface area contributed by atoms with Gasteiger partial charge in [-0.1, -0.05) is 6.07 Å². The average molecular weight is 313 g/mol. The summed E-state index contributed by atoms with van der Waals surface area (Å²) in [5, 5.41) is 2.51. The molecule has 106 valence electrons. The van der Waals surface area contributed by atoms with E-state index in [0.29, 0.717) is 5.69 Å². The van der Waals surface area contributed by atoms with Crippen LogP contribution in [0.25, 0.3) is 0 Å². The van der Waals surface area contributed by atoms with Crippen molar-refractivity contribution in [1.82, 2.24) is 4.98 Å². The van der Waals surface area contributed by atoms with E-state index >= 15 is 0 Å². The summed E-state index contributed by atoms with van der Waals surface area (Å²) < 4.78 is 21.7. The highest BCUT2D eigenvalue weighted by Crippen LogP contribution is 2.17. The smallest absolute Gasteiger partial charge is 0.261 e. The minimum Gasteiger partial charge on any atom is -0.326 e. The molecule has 0 bridgehead atoms. The first-order chi connectivity index (χ1) is 9.39. The van der Waals surface area contributed by atoms with Crippen molar-refractivity contribution in [3.63, 3.8) is 0 Å². The molecule has 2 aromatic rings. The monoisotopic (exact) mass is 312 g/mol. The topological polar surface area (TPSA) is 76.1 Å². The number of benzene rings is 1. The molecule has 1 N–H and O–H groups in total. The van der Waals surface area contributed by atoms with E-state index in [1.54, 1.807) is 12.4 Å². The fraction of sp³-hybridized carbons (Fsp3) is 0.0769. The lowest BCUT2D eigenvalue weighted by Gasteiger charge is -2.01. The Morgan fingerprint density at radius 1 is 1.10 bits per heavy atom. The molecule has 2 rings (SSSR count). The summed E-state index contributed by atoms with van der Waals surface area (Å²) in [6.45, 7) is 1.37. The van der Waals surface area contributed by atoms with Crippen molar-refractivity contribution in [3.05, 3.63) is 54.9 Å². The number of carbonyl (C=O) groups is 1. The normalized spacial score (nSPS) is 10.1. The van der Waals surface area contributed by atoms with Gasteiger partial charge in [-0.3, -0.25) is 9.78 Å². The number of hydrogen-bond acceptors (Lipinski definition) is 4. The predicted molar refractivity (Wildman–Crippen MR) is 78.0 cm³/mol. The molecule has 0 fully saturated rings. The van der Waals surface area contributed by atoms with Crippen LogP contribution in [0.5, 0.6) is 0 Å². The van der Waals surface area contributed by atoms with E-state index in [9.17, 15) is 13.2 Å². The molecule has 1 aromatic carbocycles. The first kappa shape index (κ1) is 16.1. The van der Waals surface area contributed by atoms with E-state index in [4.69, 9.17) is 10.7 Å². The number of carbonyl (C=O) groups excluding carboxylic acids is 1. The van der Waals surface area contributed by atoms with Crippen LogP contribution in [0.1, 0.15) is 6.92 Å². The molecule has 7 heteroatoms. The van der Waals surface area contributed by atoms with Crippen LogP contribution in [-0.2, 0) is 13.8 Å². The summed E-state index contributed by atoms with van der Waals surface area (Å²) in [5.74, 6) is -0.216. The molecule has 5 nitrogen and oxygen atoms in total. The third-order valence-electron chi connectivity index (χ3n) is 2.02. The van der Waals surface area contributed by atoms with Gasteiger partial charge in [0, 0.05) is 35.7 Å². The zero-order valence-corrected chi connectivity index (χ0v) is 12.2. The van der Waals surface area contributed by atoms with Crippen LogP contribution >= 0.6 is 10.7 Å². The molecule has 0 spiro atoms. The summed E-state index contributed by atoms with van der Waals surface area (Å²) in [6, 6.07) is 11.3. The molecule has 0 radical (unpaired) electrons. The molecule has 0 aliphatic carbocycles. The molecule has 0 atom stereocenters. The lowest BCUT2D eigenvalue weighted by molar-refractivity contribution is -0.114. The van der Waals surface area contributed by atoms with Crippen molar-refractivity contribution in [2.24, 2.45) is 0 Å². The van der Waals surface area contributed by atoms with Crippen LogP contribution in [0.4, 0.5) is 5.69 Å². The number of halogens is 1. The summed E-state index contributed by atoms with van der Waals surface area (Å²) >= 11 is 0. The average Bonchev–Trinajstić information content (AvgIpc) is 2.40. The number of nitrogens with zero attached hydrogens (tertiary/aromatic N) is 1. The minimum atomic E-state index is -3.69. The molecular weight excluding hydrogens is 300 g/mol. The maximum atomic E-state index is 10.8. The fourth-order valence-electron chi connectivity index (χ4n) is 1.22. The molecule has 1 heterocycles. The van der Waals surface area contributed by atoms with Gasteiger partial charge in [-0.2, -0.15) is 0 Å². The summed E-state index contributed by atoms with van der Waals surface area (Å²) in [7, 11) is 1.41. The van der Waals surface area contributed by atoms with Gasteiger partial charge in [-0.15, -0.1) is 0 Å². The highest BCUT2D eigenvalue weighted by Gasteiger charge is 2.08. The van der Waals surface area contributed by atoms with E-state index in [0.717, 1.165) is 0 Å². The Morgan fingerprint density at radius 2 is 1.65 bits per heavy atom. The molecule has 1 aromatic heterocycles. The second kappa shape index (κ2) is 7.62. The van der Waals surface area contributed by atoms with Crippen molar-refractivity contribution >= 4 is 31.3 Å². The van der Waals surface area contributed by atoms with Crippen molar-refractivity contribution in [2.75, 3.05) is 5.32 Å². The third kappa shape index (κ3) is 6.31. The van der Waals surface area contributed by atoms with E-state index in [1.807, 2.05) is 18.2 Å². The summed E-state index contributed by atoms with van der Waals surface area (Å²) in [6.07, 6.45) is 3.50. The molecule has 0 aliphatic rings. The van der Waals surface area contributed by atoms with Crippen LogP contribution in [0.2, 0.25) is 0 Å². The lowest BCUT2D eigenvalue weighted by atomic mass is 10.3. The minimum absolute atomic E-state index is 0.00766. The number of pyridine rings is 1. The second-order valence-electron chi connectivity index (χ2n) is 3.67. The quantitative estimate of drug-likeness (QED) is 0.865. The molecule has 0 aliphatic heterocycles. The molecule has 0 saturated heterocycles. The first-order valence-electron chi connectivity index (χ1n) is 5.57. The van der Waals surface area contributed by atoms with E-state index < -0.39 is 9.05 Å². The van der Waals surface area contributed by atoms with Crippen molar-refractivity contribution < 1.29 is 13.2 Å². The SMILES string of the molecule is CC(=O)Nc1ccc(S(=O)(=O)Cl)cc1.c1ccncc1. The highest BCUT2D eigenvalue weighted by atomic mass is 35.7. The Labute approximate surface area is 122 Å². The van der Waals surface area contributed by atoms with Crippen molar-refractivity contribution in [2.45, 2.75) is 11.8 Å². The van der Waals surface area contributed by atoms with Gasteiger partial charge in [0.2, 0.25) is 5.91 Å². The molecule has 0 unspecified atom stereocenters. The zero-order chi connectivity index (χ0) is 15.0. The highest BCUT2D eigenvalue weighted by molar-refractivity contribution is 8.13. The van der Waals surface area contributed by atoms with Crippen molar-refractivity contribution in [1.29, 1.82) is 0 Å². The molecule has 1 amide bonds. The second-order valence-corrected chi connectivity index (χ2v) is 6.23. The van der Waals surface area contributed by atoms with Crippen molar-refractivity contribution in [3.8, 4) is 0 Å². The Balaban J connectivity index is 0.000000276. The lowest BCUT2D eigenvalue weighted by Crippen LogP contribution is -2.05. The Kier molecular flexibility index (Phi) is 6.14. The number of nitrogens with one attached hydrogen (secondary N) is 1. The summed E-state index contributed by atoms with van der Waals surface area (Å²) in [5.41, 5.74) is 0.529. The van der Waals surface area contributed by atoms with Gasteiger partial charge in [0.25, 0.3) is 9.05 Å². The van der Waals surface area contributed by atoms with Gasteiger partial charge < -0.3 is 5.32 Å². The Bertz CT molecular complexity index is 616. The van der Waals surface area contributed by atoms with Gasteiger partial charge in [-0.05, 0) is 36.4 Å². The van der Waals surface area contributed by atoms with Gasteiger partial charge in [0.05, 0.1) is 4.90 Å². The number of rotatable bonds is 2. The van der Waals surface area contributed by atoms with Gasteiger partial charge in [-0.25, -0.2) is 8.42 Å². The predicted octanol–water partition coefficient (Wildman–Crippen LogP) is 2.65. The Hall–Kier alpha value is -1.92. The van der Waals surface area contributed by atoms with E-state index in [-0.39, 0.29) is 10.8 Å². The molecule has 0 saturated carbocycles.